The van der Waals surface area contributed by atoms with E-state index < -0.39 is 0 Å². The monoisotopic (exact) mass is 368 g/mol. The fourth-order valence-corrected chi connectivity index (χ4v) is 2.97. The highest BCUT2D eigenvalue weighted by molar-refractivity contribution is 7.71. The minimum atomic E-state index is 0.461. The number of fused-ring (bicyclic) bond motifs is 1. The smallest absolute Gasteiger partial charge is 0.214 e. The van der Waals surface area contributed by atoms with E-state index in [9.17, 15) is 0 Å². The molecular weight excluding hydrogens is 356 g/mol. The largest absolute Gasteiger partial charge is 0.317 e. The van der Waals surface area contributed by atoms with E-state index in [2.05, 4.69) is 25.6 Å². The lowest BCUT2D eigenvalue weighted by Gasteiger charge is -2.11. The van der Waals surface area contributed by atoms with Crippen LogP contribution in [0.3, 0.4) is 0 Å². The summed E-state index contributed by atoms with van der Waals surface area (Å²) in [6.45, 7) is 0.461. The summed E-state index contributed by atoms with van der Waals surface area (Å²) in [7, 11) is 0. The Balaban J connectivity index is 1.65. The summed E-state index contributed by atoms with van der Waals surface area (Å²) in [5, 5.41) is 8.58. The van der Waals surface area contributed by atoms with Gasteiger partial charge in [0.2, 0.25) is 4.77 Å². The zero-order chi connectivity index (χ0) is 17.2. The Kier molecular flexibility index (Phi) is 4.17. The maximum absolute atomic E-state index is 6.32. The van der Waals surface area contributed by atoms with Gasteiger partial charge in [0.15, 0.2) is 5.82 Å². The molecule has 0 radical (unpaired) electrons. The van der Waals surface area contributed by atoms with Crippen molar-refractivity contribution in [3.63, 3.8) is 0 Å². The van der Waals surface area contributed by atoms with Crippen LogP contribution in [0, 0.1) is 4.77 Å². The summed E-state index contributed by atoms with van der Waals surface area (Å²) >= 11 is 11.6. The second-order valence-electron chi connectivity index (χ2n) is 5.39. The van der Waals surface area contributed by atoms with E-state index in [-0.39, 0.29) is 0 Å². The van der Waals surface area contributed by atoms with Crippen LogP contribution in [-0.4, -0.2) is 24.8 Å². The Morgan fingerprint density at radius 1 is 1.16 bits per heavy atom. The third-order valence-electron chi connectivity index (χ3n) is 3.79. The Bertz CT molecular complexity index is 1090. The van der Waals surface area contributed by atoms with Gasteiger partial charge >= 0.3 is 0 Å². The molecule has 8 heteroatoms. The predicted octanol–water partition coefficient (Wildman–Crippen LogP) is 3.95. The molecule has 0 unspecified atom stereocenters. The van der Waals surface area contributed by atoms with Crippen molar-refractivity contribution >= 4 is 34.7 Å². The molecule has 0 bridgehead atoms. The van der Waals surface area contributed by atoms with E-state index >= 15 is 0 Å². The number of halogens is 1. The molecule has 0 fully saturated rings. The van der Waals surface area contributed by atoms with Crippen LogP contribution in [0.25, 0.3) is 22.3 Å². The van der Waals surface area contributed by atoms with E-state index in [1.54, 1.807) is 17.1 Å². The normalized spacial score (nSPS) is 10.9. The van der Waals surface area contributed by atoms with Crippen LogP contribution < -0.4 is 5.43 Å². The summed E-state index contributed by atoms with van der Waals surface area (Å²) in [5.74, 6) is 0.678. The van der Waals surface area contributed by atoms with Crippen molar-refractivity contribution in [2.75, 3.05) is 5.43 Å². The third kappa shape index (κ3) is 3.11. The highest BCUT2D eigenvalue weighted by atomic mass is 35.5. The van der Waals surface area contributed by atoms with E-state index in [0.717, 1.165) is 22.0 Å². The molecule has 0 aliphatic heterocycles. The van der Waals surface area contributed by atoms with Crippen LogP contribution in [0.4, 0.5) is 0 Å². The quantitative estimate of drug-likeness (QED) is 0.421. The first-order valence-electron chi connectivity index (χ1n) is 7.58. The van der Waals surface area contributed by atoms with Gasteiger partial charge in [-0.1, -0.05) is 29.8 Å². The lowest BCUT2D eigenvalue weighted by Crippen LogP contribution is -2.16. The van der Waals surface area contributed by atoms with Crippen molar-refractivity contribution < 1.29 is 0 Å². The SMILES string of the molecule is S=c1[nH]nc(-c2ccncc2)n1NCc1cc2ccccc2nc1Cl. The van der Waals surface area contributed by atoms with Crippen LogP contribution >= 0.6 is 23.8 Å². The van der Waals surface area contributed by atoms with Gasteiger partial charge in [0.05, 0.1) is 12.1 Å². The molecule has 25 heavy (non-hydrogen) atoms. The van der Waals surface area contributed by atoms with Crippen molar-refractivity contribution in [1.82, 2.24) is 24.8 Å². The van der Waals surface area contributed by atoms with Crippen LogP contribution in [0.15, 0.2) is 54.9 Å². The minimum absolute atomic E-state index is 0.461. The average Bonchev–Trinajstić information content (AvgIpc) is 3.01. The zero-order valence-electron chi connectivity index (χ0n) is 13.0. The van der Waals surface area contributed by atoms with Crippen molar-refractivity contribution in [3.05, 3.63) is 70.3 Å². The molecule has 124 valence electrons. The van der Waals surface area contributed by atoms with Crippen molar-refractivity contribution in [2.45, 2.75) is 6.54 Å². The second kappa shape index (κ2) is 6.62. The summed E-state index contributed by atoms with van der Waals surface area (Å²) in [6, 6.07) is 13.6. The summed E-state index contributed by atoms with van der Waals surface area (Å²) < 4.78 is 2.19. The number of nitrogens with zero attached hydrogens (tertiary/aromatic N) is 4. The number of aromatic nitrogens is 5. The van der Waals surface area contributed by atoms with E-state index in [1.165, 1.54) is 0 Å². The number of aromatic amines is 1. The number of rotatable bonds is 4. The molecule has 0 atom stereocenters. The molecule has 1 aromatic carbocycles. The molecule has 0 spiro atoms. The molecule has 4 aromatic rings. The van der Waals surface area contributed by atoms with Crippen LogP contribution in [0.5, 0.6) is 0 Å². The van der Waals surface area contributed by atoms with Gasteiger partial charge in [-0.25, -0.2) is 14.8 Å². The highest BCUT2D eigenvalue weighted by Crippen LogP contribution is 2.21. The van der Waals surface area contributed by atoms with Gasteiger partial charge < -0.3 is 5.43 Å². The van der Waals surface area contributed by atoms with Gasteiger partial charge in [-0.2, -0.15) is 5.10 Å². The molecule has 4 rings (SSSR count). The van der Waals surface area contributed by atoms with E-state index in [4.69, 9.17) is 23.8 Å². The maximum Gasteiger partial charge on any atom is 0.214 e. The summed E-state index contributed by atoms with van der Waals surface area (Å²) in [6.07, 6.45) is 3.42. The van der Waals surface area contributed by atoms with Crippen LogP contribution in [-0.2, 0) is 6.54 Å². The molecule has 6 nitrogen and oxygen atoms in total. The lowest BCUT2D eigenvalue weighted by molar-refractivity contribution is 0.830. The predicted molar refractivity (Wildman–Crippen MR) is 100 cm³/mol. The Hall–Kier alpha value is -2.77. The van der Waals surface area contributed by atoms with Gasteiger partial charge in [-0.15, -0.1) is 0 Å². The number of nitrogens with one attached hydrogen (secondary N) is 2. The summed E-state index contributed by atoms with van der Waals surface area (Å²) in [4.78, 5) is 8.46. The van der Waals surface area contributed by atoms with Crippen molar-refractivity contribution in [2.24, 2.45) is 0 Å². The topological polar surface area (TPSA) is 71.4 Å². The fourth-order valence-electron chi connectivity index (χ4n) is 2.56. The van der Waals surface area contributed by atoms with Gasteiger partial charge in [0.1, 0.15) is 5.15 Å². The van der Waals surface area contributed by atoms with Gasteiger partial charge in [-0.3, -0.25) is 4.98 Å². The zero-order valence-corrected chi connectivity index (χ0v) is 14.6. The molecule has 2 N–H and O–H groups in total. The van der Waals surface area contributed by atoms with Gasteiger partial charge in [-0.05, 0) is 36.5 Å². The number of benzene rings is 1. The molecule has 3 heterocycles. The molecule has 0 saturated carbocycles. The molecule has 0 aliphatic rings. The Morgan fingerprint density at radius 3 is 2.80 bits per heavy atom. The van der Waals surface area contributed by atoms with Crippen LogP contribution in [0.1, 0.15) is 5.56 Å². The van der Waals surface area contributed by atoms with Crippen molar-refractivity contribution in [3.8, 4) is 11.4 Å². The number of H-pyrrole nitrogens is 1. The minimum Gasteiger partial charge on any atom is -0.317 e. The average molecular weight is 369 g/mol. The molecular formula is C17H13ClN6S. The standard InChI is InChI=1S/C17H13ClN6S/c18-15-13(9-12-3-1-2-4-14(12)21-15)10-20-24-16(22-23-17(24)25)11-5-7-19-8-6-11/h1-9,20H,10H2,(H,23,25). The number of pyridine rings is 2. The first-order chi connectivity index (χ1) is 12.2. The van der Waals surface area contributed by atoms with Crippen LogP contribution in [0.2, 0.25) is 5.15 Å². The van der Waals surface area contributed by atoms with E-state index in [0.29, 0.717) is 22.3 Å². The molecule has 3 aromatic heterocycles. The fraction of sp³-hybridized carbons (Fsp3) is 0.0588. The highest BCUT2D eigenvalue weighted by Gasteiger charge is 2.10. The Morgan fingerprint density at radius 2 is 1.96 bits per heavy atom. The third-order valence-corrected chi connectivity index (χ3v) is 4.39. The first kappa shape index (κ1) is 15.7. The first-order valence-corrected chi connectivity index (χ1v) is 8.37. The van der Waals surface area contributed by atoms with Crippen molar-refractivity contribution in [1.29, 1.82) is 0 Å². The number of para-hydroxylation sites is 1. The number of hydrogen-bond donors (Lipinski definition) is 2. The summed E-state index contributed by atoms with van der Waals surface area (Å²) in [5.41, 5.74) is 5.90. The molecule has 0 amide bonds. The molecule has 0 saturated heterocycles. The lowest BCUT2D eigenvalue weighted by atomic mass is 10.1. The van der Waals surface area contributed by atoms with Gasteiger partial charge in [0.25, 0.3) is 0 Å². The second-order valence-corrected chi connectivity index (χ2v) is 6.13. The van der Waals surface area contributed by atoms with E-state index in [1.807, 2.05) is 42.5 Å². The number of hydrogen-bond acceptors (Lipinski definition) is 5. The van der Waals surface area contributed by atoms with Gasteiger partial charge in [0, 0.05) is 28.9 Å². The maximum atomic E-state index is 6.32. The Labute approximate surface area is 153 Å². The molecule has 0 aliphatic carbocycles.